The average Bonchev–Trinajstić information content (AvgIpc) is 2.31. The Labute approximate surface area is 103 Å². The van der Waals surface area contributed by atoms with E-state index in [1.165, 1.54) is 0 Å². The number of nitrogens with zero attached hydrogens (tertiary/aromatic N) is 1. The third kappa shape index (κ3) is 2.93. The van der Waals surface area contributed by atoms with Crippen LogP contribution in [0, 0.1) is 11.3 Å². The Kier molecular flexibility index (Phi) is 4.44. The normalized spacial score (nSPS) is 17.6. The zero-order valence-corrected chi connectivity index (χ0v) is 10.9. The van der Waals surface area contributed by atoms with Gasteiger partial charge in [0.1, 0.15) is 0 Å². The van der Waals surface area contributed by atoms with E-state index < -0.39 is 0 Å². The van der Waals surface area contributed by atoms with E-state index in [2.05, 4.69) is 0 Å². The van der Waals surface area contributed by atoms with E-state index in [-0.39, 0.29) is 11.7 Å². The van der Waals surface area contributed by atoms with E-state index in [1.54, 1.807) is 0 Å². The highest BCUT2D eigenvalue weighted by atomic mass is 16.1. The summed E-state index contributed by atoms with van der Waals surface area (Å²) in [6.45, 7) is 5.71. The number of rotatable bonds is 4. The van der Waals surface area contributed by atoms with Gasteiger partial charge in [0.25, 0.3) is 0 Å². The molecule has 0 bridgehead atoms. The van der Waals surface area contributed by atoms with Crippen molar-refractivity contribution < 1.29 is 4.79 Å². The maximum Gasteiger partial charge on any atom is 0.166 e. The first-order valence-corrected chi connectivity index (χ1v) is 5.93. The van der Waals surface area contributed by atoms with Crippen molar-refractivity contribution in [3.8, 4) is 0 Å². The van der Waals surface area contributed by atoms with Crippen LogP contribution in [-0.4, -0.2) is 23.4 Å². The van der Waals surface area contributed by atoms with Crippen LogP contribution in [0.1, 0.15) is 27.2 Å². The molecule has 0 aromatic carbocycles. The Balaban J connectivity index is 3.27. The van der Waals surface area contributed by atoms with Crippen LogP contribution >= 0.6 is 0 Å². The summed E-state index contributed by atoms with van der Waals surface area (Å²) in [7, 11) is 1.89. The van der Waals surface area contributed by atoms with Gasteiger partial charge in [0.05, 0.1) is 11.3 Å². The van der Waals surface area contributed by atoms with E-state index in [0.29, 0.717) is 17.7 Å². The summed E-state index contributed by atoms with van der Waals surface area (Å²) in [6, 6.07) is 0. The van der Waals surface area contributed by atoms with Crippen molar-refractivity contribution in [2.45, 2.75) is 27.2 Å². The molecule has 0 fully saturated rings. The molecule has 1 rings (SSSR count). The molecule has 0 atom stereocenters. The summed E-state index contributed by atoms with van der Waals surface area (Å²) in [6.07, 6.45) is 8.02. The molecule has 0 radical (unpaired) electrons. The van der Waals surface area contributed by atoms with E-state index in [1.807, 2.05) is 57.1 Å². The Morgan fingerprint density at radius 3 is 2.53 bits per heavy atom. The summed E-state index contributed by atoms with van der Waals surface area (Å²) < 4.78 is 0. The van der Waals surface area contributed by atoms with Crippen LogP contribution in [0.15, 0.2) is 35.7 Å². The number of Topliss-reactive ketones (excluding diaryl/α,β-unsaturated/α-hetero) is 1. The summed E-state index contributed by atoms with van der Waals surface area (Å²) in [5.74, 6) is 0.0891. The minimum absolute atomic E-state index is 0.0329. The molecule has 3 nitrogen and oxygen atoms in total. The number of carbonyl (C=O) groups is 1. The third-order valence-electron chi connectivity index (χ3n) is 2.76. The molecule has 3 heteroatoms. The molecule has 0 spiro atoms. The van der Waals surface area contributed by atoms with Crippen molar-refractivity contribution in [1.82, 2.24) is 4.90 Å². The van der Waals surface area contributed by atoms with Gasteiger partial charge < -0.3 is 10.3 Å². The molecule has 1 heterocycles. The summed E-state index contributed by atoms with van der Waals surface area (Å²) in [5.41, 5.74) is 1.78. The minimum Gasteiger partial charge on any atom is -0.350 e. The molecule has 92 valence electrons. The number of nitrogens with one attached hydrogen (secondary N) is 1. The van der Waals surface area contributed by atoms with E-state index in [4.69, 9.17) is 5.41 Å². The van der Waals surface area contributed by atoms with Crippen molar-refractivity contribution in [3.05, 3.63) is 35.7 Å². The van der Waals surface area contributed by atoms with Crippen LogP contribution in [0.25, 0.3) is 0 Å². The number of hydrogen-bond acceptors (Lipinski definition) is 3. The molecule has 0 saturated heterocycles. The van der Waals surface area contributed by atoms with Crippen LogP contribution in [0.2, 0.25) is 0 Å². The second-order valence-corrected chi connectivity index (χ2v) is 4.42. The highest BCUT2D eigenvalue weighted by molar-refractivity contribution is 6.22. The molecule has 0 aliphatic carbocycles. The fraction of sp³-hybridized carbons (Fsp3) is 0.429. The van der Waals surface area contributed by atoms with Crippen molar-refractivity contribution >= 4 is 11.5 Å². The van der Waals surface area contributed by atoms with Gasteiger partial charge in [-0.05, 0) is 18.1 Å². The largest absolute Gasteiger partial charge is 0.350 e. The van der Waals surface area contributed by atoms with Gasteiger partial charge in [-0.25, -0.2) is 0 Å². The van der Waals surface area contributed by atoms with Gasteiger partial charge in [-0.3, -0.25) is 4.79 Å². The zero-order valence-electron chi connectivity index (χ0n) is 10.9. The quantitative estimate of drug-likeness (QED) is 0.598. The molecule has 17 heavy (non-hydrogen) atoms. The lowest BCUT2D eigenvalue weighted by molar-refractivity contribution is -0.114. The van der Waals surface area contributed by atoms with E-state index in [9.17, 15) is 4.79 Å². The van der Waals surface area contributed by atoms with Crippen LogP contribution < -0.4 is 0 Å². The standard InChI is InChI=1S/C14H20N2O/c1-5-12(17)13(14(15)10(2)3)11-8-6-7-9-16(11)4/h6-10,15H,5H2,1-4H3/b13-11-,15-14?. The Hall–Kier alpha value is -1.64. The third-order valence-corrected chi connectivity index (χ3v) is 2.76. The predicted molar refractivity (Wildman–Crippen MR) is 70.9 cm³/mol. The van der Waals surface area contributed by atoms with Crippen molar-refractivity contribution in [2.24, 2.45) is 5.92 Å². The van der Waals surface area contributed by atoms with Crippen LogP contribution in [0.5, 0.6) is 0 Å². The molecule has 0 aromatic heterocycles. The Morgan fingerprint density at radius 1 is 1.41 bits per heavy atom. The molecule has 0 unspecified atom stereocenters. The molecule has 1 N–H and O–H groups in total. The van der Waals surface area contributed by atoms with Crippen molar-refractivity contribution in [1.29, 1.82) is 5.41 Å². The Bertz CT molecular complexity index is 414. The maximum atomic E-state index is 12.0. The van der Waals surface area contributed by atoms with Gasteiger partial charge in [0, 0.05) is 25.4 Å². The zero-order chi connectivity index (χ0) is 13.0. The van der Waals surface area contributed by atoms with E-state index in [0.717, 1.165) is 5.70 Å². The molecule has 1 aliphatic rings. The molecule has 1 aliphatic heterocycles. The van der Waals surface area contributed by atoms with Gasteiger partial charge in [0.15, 0.2) is 5.78 Å². The van der Waals surface area contributed by atoms with Gasteiger partial charge in [-0.1, -0.05) is 26.8 Å². The van der Waals surface area contributed by atoms with Gasteiger partial charge >= 0.3 is 0 Å². The summed E-state index contributed by atoms with van der Waals surface area (Å²) in [5, 5.41) is 8.10. The van der Waals surface area contributed by atoms with Gasteiger partial charge in [0.2, 0.25) is 0 Å². The second-order valence-electron chi connectivity index (χ2n) is 4.42. The average molecular weight is 232 g/mol. The van der Waals surface area contributed by atoms with Crippen LogP contribution in [0.3, 0.4) is 0 Å². The monoisotopic (exact) mass is 232 g/mol. The topological polar surface area (TPSA) is 44.2 Å². The summed E-state index contributed by atoms with van der Waals surface area (Å²) in [4.78, 5) is 13.9. The number of hydrogen-bond donors (Lipinski definition) is 1. The lowest BCUT2D eigenvalue weighted by atomic mass is 9.93. The first-order valence-electron chi connectivity index (χ1n) is 5.93. The van der Waals surface area contributed by atoms with Gasteiger partial charge in [-0.15, -0.1) is 0 Å². The lowest BCUT2D eigenvalue weighted by Gasteiger charge is -2.23. The van der Waals surface area contributed by atoms with E-state index >= 15 is 0 Å². The number of allylic oxidation sites excluding steroid dienone is 4. The predicted octanol–water partition coefficient (Wildman–Crippen LogP) is 2.91. The molecule has 0 aromatic rings. The molecule has 0 saturated carbocycles. The molecule has 0 amide bonds. The highest BCUT2D eigenvalue weighted by Gasteiger charge is 2.21. The highest BCUT2D eigenvalue weighted by Crippen LogP contribution is 2.20. The van der Waals surface area contributed by atoms with Crippen molar-refractivity contribution in [2.75, 3.05) is 7.05 Å². The number of carbonyl (C=O) groups excluding carboxylic acids is 1. The summed E-state index contributed by atoms with van der Waals surface area (Å²) >= 11 is 0. The molecular weight excluding hydrogens is 212 g/mol. The second kappa shape index (κ2) is 5.62. The SMILES string of the molecule is CCC(=O)/C(C(=N)C(C)C)=C1\C=CC=CN1C. The fourth-order valence-corrected chi connectivity index (χ4v) is 1.68. The fourth-order valence-electron chi connectivity index (χ4n) is 1.68. The molecular formula is C14H20N2O. The smallest absolute Gasteiger partial charge is 0.166 e. The minimum atomic E-state index is 0.0329. The first-order chi connectivity index (χ1) is 7.99. The lowest BCUT2D eigenvalue weighted by Crippen LogP contribution is -2.24. The van der Waals surface area contributed by atoms with Crippen LogP contribution in [0.4, 0.5) is 0 Å². The van der Waals surface area contributed by atoms with Crippen molar-refractivity contribution in [3.63, 3.8) is 0 Å². The Morgan fingerprint density at radius 2 is 2.06 bits per heavy atom. The number of likely N-dealkylation sites (N-methyl/N-ethyl adjacent to an activating group) is 1. The van der Waals surface area contributed by atoms with Crippen LogP contribution in [-0.2, 0) is 4.79 Å². The first kappa shape index (κ1) is 13.4. The maximum absolute atomic E-state index is 12.0. The number of ketones is 1. The van der Waals surface area contributed by atoms with Gasteiger partial charge in [-0.2, -0.15) is 0 Å².